The molecule has 0 saturated heterocycles. The summed E-state index contributed by atoms with van der Waals surface area (Å²) in [5.74, 6) is -0.0156. The summed E-state index contributed by atoms with van der Waals surface area (Å²) in [7, 11) is 0. The number of anilines is 1. The first-order chi connectivity index (χ1) is 11.3. The fourth-order valence-electron chi connectivity index (χ4n) is 2.21. The van der Waals surface area contributed by atoms with Gasteiger partial charge >= 0.3 is 0 Å². The number of rotatable bonds is 7. The molecule has 5 nitrogen and oxygen atoms in total. The minimum Gasteiger partial charge on any atom is -0.375 e. The van der Waals surface area contributed by atoms with Crippen LogP contribution >= 0.6 is 11.3 Å². The number of pyridine rings is 1. The van der Waals surface area contributed by atoms with Gasteiger partial charge in [0.05, 0.1) is 27.5 Å². The van der Waals surface area contributed by atoms with Crippen LogP contribution < -0.4 is 10.6 Å². The number of hydrogen-bond acceptors (Lipinski definition) is 5. The van der Waals surface area contributed by atoms with E-state index in [0.29, 0.717) is 6.54 Å². The van der Waals surface area contributed by atoms with Gasteiger partial charge in [-0.15, -0.1) is 11.3 Å². The lowest BCUT2D eigenvalue weighted by molar-refractivity contribution is -0.119. The lowest BCUT2D eigenvalue weighted by Gasteiger charge is -2.06. The standard InChI is InChI=1S/C17H18N4OS/c22-16(12-20-13-5-3-9-18-11-13)19-10-4-8-17-21-14-6-1-2-7-15(14)23-17/h1-3,5-7,9,11,20H,4,8,10,12H2,(H,19,22). The van der Waals surface area contributed by atoms with E-state index >= 15 is 0 Å². The number of nitrogens with zero attached hydrogens (tertiary/aromatic N) is 2. The summed E-state index contributed by atoms with van der Waals surface area (Å²) >= 11 is 1.72. The van der Waals surface area contributed by atoms with Gasteiger partial charge < -0.3 is 10.6 Å². The lowest BCUT2D eigenvalue weighted by atomic mass is 10.3. The molecule has 0 atom stereocenters. The quantitative estimate of drug-likeness (QED) is 0.655. The summed E-state index contributed by atoms with van der Waals surface area (Å²) in [6.07, 6.45) is 5.17. The fourth-order valence-corrected chi connectivity index (χ4v) is 3.22. The van der Waals surface area contributed by atoms with Crippen molar-refractivity contribution >= 4 is 33.1 Å². The number of nitrogens with one attached hydrogen (secondary N) is 2. The zero-order valence-electron chi connectivity index (χ0n) is 12.7. The summed E-state index contributed by atoms with van der Waals surface area (Å²) in [4.78, 5) is 20.3. The molecule has 2 aromatic heterocycles. The molecule has 118 valence electrons. The van der Waals surface area contributed by atoms with E-state index in [1.165, 1.54) is 4.70 Å². The van der Waals surface area contributed by atoms with E-state index in [0.717, 1.165) is 29.1 Å². The lowest BCUT2D eigenvalue weighted by Crippen LogP contribution is -2.30. The second-order valence-electron chi connectivity index (χ2n) is 5.12. The van der Waals surface area contributed by atoms with Gasteiger partial charge in [-0.3, -0.25) is 9.78 Å². The minimum absolute atomic E-state index is 0.0156. The Hall–Kier alpha value is -2.47. The number of para-hydroxylation sites is 1. The Morgan fingerprint density at radius 1 is 1.17 bits per heavy atom. The van der Waals surface area contributed by atoms with Crippen molar-refractivity contribution in [3.8, 4) is 0 Å². The van der Waals surface area contributed by atoms with Gasteiger partial charge in [0.15, 0.2) is 0 Å². The molecule has 6 heteroatoms. The number of amides is 1. The highest BCUT2D eigenvalue weighted by atomic mass is 32.1. The van der Waals surface area contributed by atoms with Crippen LogP contribution in [-0.4, -0.2) is 29.0 Å². The maximum atomic E-state index is 11.8. The van der Waals surface area contributed by atoms with Gasteiger partial charge in [0, 0.05) is 25.4 Å². The monoisotopic (exact) mass is 326 g/mol. The third-order valence-corrected chi connectivity index (χ3v) is 4.44. The Kier molecular flexibility index (Phi) is 5.16. The van der Waals surface area contributed by atoms with Gasteiger partial charge in [-0.2, -0.15) is 0 Å². The van der Waals surface area contributed by atoms with Crippen molar-refractivity contribution in [3.63, 3.8) is 0 Å². The van der Waals surface area contributed by atoms with Crippen LogP contribution in [0.3, 0.4) is 0 Å². The van der Waals surface area contributed by atoms with Crippen LogP contribution in [0, 0.1) is 0 Å². The molecule has 0 radical (unpaired) electrons. The highest BCUT2D eigenvalue weighted by Gasteiger charge is 2.04. The third kappa shape index (κ3) is 4.50. The molecule has 0 spiro atoms. The molecular weight excluding hydrogens is 308 g/mol. The Labute approximate surface area is 138 Å². The number of hydrogen-bond donors (Lipinski definition) is 2. The van der Waals surface area contributed by atoms with Crippen molar-refractivity contribution in [2.45, 2.75) is 12.8 Å². The Balaban J connectivity index is 1.37. The number of carbonyl (C=O) groups is 1. The highest BCUT2D eigenvalue weighted by Crippen LogP contribution is 2.22. The highest BCUT2D eigenvalue weighted by molar-refractivity contribution is 7.18. The van der Waals surface area contributed by atoms with Gasteiger partial charge in [-0.1, -0.05) is 12.1 Å². The first kappa shape index (κ1) is 15.4. The van der Waals surface area contributed by atoms with E-state index in [-0.39, 0.29) is 12.5 Å². The van der Waals surface area contributed by atoms with Crippen molar-refractivity contribution in [3.05, 3.63) is 53.8 Å². The number of benzene rings is 1. The van der Waals surface area contributed by atoms with E-state index in [4.69, 9.17) is 0 Å². The number of aryl methyl sites for hydroxylation is 1. The van der Waals surface area contributed by atoms with Crippen LogP contribution in [0.2, 0.25) is 0 Å². The summed E-state index contributed by atoms with van der Waals surface area (Å²) in [5.41, 5.74) is 1.90. The van der Waals surface area contributed by atoms with Crippen LogP contribution in [0.5, 0.6) is 0 Å². The van der Waals surface area contributed by atoms with Gasteiger partial charge in [0.25, 0.3) is 0 Å². The predicted molar refractivity (Wildman–Crippen MR) is 93.7 cm³/mol. The first-order valence-corrected chi connectivity index (χ1v) is 8.38. The molecule has 2 heterocycles. The smallest absolute Gasteiger partial charge is 0.239 e. The van der Waals surface area contributed by atoms with Gasteiger partial charge in [-0.25, -0.2) is 4.98 Å². The SMILES string of the molecule is O=C(CNc1cccnc1)NCCCc1nc2ccccc2s1. The molecule has 3 rings (SSSR count). The van der Waals surface area contributed by atoms with Crippen LogP contribution in [0.1, 0.15) is 11.4 Å². The average Bonchev–Trinajstić information content (AvgIpc) is 3.00. The van der Waals surface area contributed by atoms with Crippen LogP contribution in [-0.2, 0) is 11.2 Å². The predicted octanol–water partition coefficient (Wildman–Crippen LogP) is 2.85. The topological polar surface area (TPSA) is 66.9 Å². The Morgan fingerprint density at radius 2 is 2.09 bits per heavy atom. The van der Waals surface area contributed by atoms with Gasteiger partial charge in [0.2, 0.25) is 5.91 Å². The number of aromatic nitrogens is 2. The number of carbonyl (C=O) groups excluding carboxylic acids is 1. The molecule has 0 fully saturated rings. The molecule has 2 N–H and O–H groups in total. The summed E-state index contributed by atoms with van der Waals surface area (Å²) in [6, 6.07) is 11.9. The average molecular weight is 326 g/mol. The van der Waals surface area contributed by atoms with Gasteiger partial charge in [0.1, 0.15) is 0 Å². The second-order valence-corrected chi connectivity index (χ2v) is 6.24. The van der Waals surface area contributed by atoms with Crippen LogP contribution in [0.4, 0.5) is 5.69 Å². The fraction of sp³-hybridized carbons (Fsp3) is 0.235. The Bertz CT molecular complexity index is 739. The maximum absolute atomic E-state index is 11.8. The second kappa shape index (κ2) is 7.69. The summed E-state index contributed by atoms with van der Waals surface area (Å²) < 4.78 is 1.22. The molecule has 23 heavy (non-hydrogen) atoms. The molecule has 0 aliphatic rings. The maximum Gasteiger partial charge on any atom is 0.239 e. The number of thiazole rings is 1. The molecule has 0 unspecified atom stereocenters. The summed E-state index contributed by atoms with van der Waals surface area (Å²) in [6.45, 7) is 0.913. The van der Waals surface area contributed by atoms with Crippen LogP contribution in [0.15, 0.2) is 48.8 Å². The molecule has 0 saturated carbocycles. The molecule has 1 amide bonds. The molecular formula is C17H18N4OS. The Morgan fingerprint density at radius 3 is 2.91 bits per heavy atom. The molecule has 0 bridgehead atoms. The minimum atomic E-state index is -0.0156. The molecule has 0 aliphatic heterocycles. The molecule has 3 aromatic rings. The largest absolute Gasteiger partial charge is 0.375 e. The van der Waals surface area contributed by atoms with Crippen molar-refractivity contribution in [2.75, 3.05) is 18.4 Å². The van der Waals surface area contributed by atoms with Crippen molar-refractivity contribution < 1.29 is 4.79 Å². The zero-order valence-corrected chi connectivity index (χ0v) is 13.5. The van der Waals surface area contributed by atoms with Gasteiger partial charge in [-0.05, 0) is 30.7 Å². The van der Waals surface area contributed by atoms with Crippen molar-refractivity contribution in [1.82, 2.24) is 15.3 Å². The van der Waals surface area contributed by atoms with E-state index in [2.05, 4.69) is 26.7 Å². The van der Waals surface area contributed by atoms with Crippen LogP contribution in [0.25, 0.3) is 10.2 Å². The zero-order chi connectivity index (χ0) is 15.9. The van der Waals surface area contributed by atoms with E-state index < -0.39 is 0 Å². The third-order valence-electron chi connectivity index (χ3n) is 3.34. The van der Waals surface area contributed by atoms with E-state index in [9.17, 15) is 4.79 Å². The molecule has 0 aliphatic carbocycles. The normalized spacial score (nSPS) is 10.6. The van der Waals surface area contributed by atoms with E-state index in [1.807, 2.05) is 30.3 Å². The summed E-state index contributed by atoms with van der Waals surface area (Å²) in [5, 5.41) is 7.07. The first-order valence-electron chi connectivity index (χ1n) is 7.56. The van der Waals surface area contributed by atoms with Crippen molar-refractivity contribution in [1.29, 1.82) is 0 Å². The van der Waals surface area contributed by atoms with E-state index in [1.54, 1.807) is 23.7 Å². The molecule has 1 aromatic carbocycles. The number of fused-ring (bicyclic) bond motifs is 1. The van der Waals surface area contributed by atoms with Crippen molar-refractivity contribution in [2.24, 2.45) is 0 Å².